The Kier molecular flexibility index (Phi) is 6.89. The molecule has 132 valence electrons. The Balaban J connectivity index is 2.86. The Morgan fingerprint density at radius 1 is 1.42 bits per heavy atom. The molecule has 2 N–H and O–H groups in total. The minimum Gasteiger partial charge on any atom is -0.480 e. The minimum absolute atomic E-state index is 0.00154. The first kappa shape index (κ1) is 20.1. The van der Waals surface area contributed by atoms with Crippen LogP contribution in [0.25, 0.3) is 0 Å². The number of carbonyl (C=O) groups is 2. The summed E-state index contributed by atoms with van der Waals surface area (Å²) in [4.78, 5) is 22.8. The number of hydrogen-bond donors (Lipinski definition) is 2. The zero-order chi connectivity index (χ0) is 18.5. The molecule has 1 amide bonds. The molecule has 1 aromatic carbocycles. The molecule has 0 heterocycles. The molecule has 1 aromatic rings. The molecule has 1 unspecified atom stereocenters. The molecule has 24 heavy (non-hydrogen) atoms. The van der Waals surface area contributed by atoms with E-state index < -0.39 is 35.2 Å². The van der Waals surface area contributed by atoms with Gasteiger partial charge in [-0.2, -0.15) is 0 Å². The summed E-state index contributed by atoms with van der Waals surface area (Å²) in [7, 11) is 0. The Labute approximate surface area is 146 Å². The van der Waals surface area contributed by atoms with Gasteiger partial charge in [0, 0.05) is 12.1 Å². The highest BCUT2D eigenvalue weighted by atomic mass is 79.9. The molecule has 1 atom stereocenters. The van der Waals surface area contributed by atoms with Crippen molar-refractivity contribution in [1.82, 2.24) is 5.32 Å². The normalized spacial score (nSPS) is 12.9. The van der Waals surface area contributed by atoms with Gasteiger partial charge in [-0.1, -0.05) is 13.0 Å². The van der Waals surface area contributed by atoms with Crippen molar-refractivity contribution in [3.05, 3.63) is 40.4 Å². The maximum Gasteiger partial charge on any atom is 0.328 e. The smallest absolute Gasteiger partial charge is 0.328 e. The van der Waals surface area contributed by atoms with Crippen LogP contribution in [-0.2, 0) is 9.59 Å². The van der Waals surface area contributed by atoms with Gasteiger partial charge in [-0.3, -0.25) is 4.79 Å². The summed E-state index contributed by atoms with van der Waals surface area (Å²) in [6.45, 7) is 4.93. The molecule has 0 aromatic heterocycles. The largest absolute Gasteiger partial charge is 0.480 e. The van der Waals surface area contributed by atoms with Crippen LogP contribution in [-0.4, -0.2) is 28.6 Å². The Hall–Kier alpha value is -1.96. The van der Waals surface area contributed by atoms with Gasteiger partial charge in [0.05, 0.1) is 10.0 Å². The predicted molar refractivity (Wildman–Crippen MR) is 87.8 cm³/mol. The third-order valence-corrected chi connectivity index (χ3v) is 3.56. The topological polar surface area (TPSA) is 75.6 Å². The van der Waals surface area contributed by atoms with Crippen LogP contribution in [0.3, 0.4) is 0 Å². The van der Waals surface area contributed by atoms with Crippen molar-refractivity contribution in [3.8, 4) is 5.75 Å². The average Bonchev–Trinajstić information content (AvgIpc) is 2.47. The number of rotatable bonds is 7. The molecule has 0 aliphatic heterocycles. The van der Waals surface area contributed by atoms with Gasteiger partial charge >= 0.3 is 5.97 Å². The summed E-state index contributed by atoms with van der Waals surface area (Å²) in [5.41, 5.74) is -0.916. The molecule has 0 saturated heterocycles. The van der Waals surface area contributed by atoms with Gasteiger partial charge in [0.25, 0.3) is 5.91 Å². The van der Waals surface area contributed by atoms with E-state index in [-0.39, 0.29) is 16.6 Å². The molecule has 0 aliphatic rings. The van der Waals surface area contributed by atoms with Gasteiger partial charge in [0.15, 0.2) is 17.7 Å². The number of hydrogen-bond acceptors (Lipinski definition) is 3. The maximum absolute atomic E-state index is 13.4. The molecule has 0 saturated carbocycles. The van der Waals surface area contributed by atoms with Crippen molar-refractivity contribution >= 4 is 27.8 Å². The Morgan fingerprint density at radius 2 is 2.04 bits per heavy atom. The van der Waals surface area contributed by atoms with Crippen LogP contribution in [0.5, 0.6) is 5.75 Å². The molecule has 5 nitrogen and oxygen atoms in total. The van der Waals surface area contributed by atoms with Crippen molar-refractivity contribution in [1.29, 1.82) is 0 Å². The first-order chi connectivity index (χ1) is 11.1. The number of carboxylic acid groups (broad SMARTS) is 1. The van der Waals surface area contributed by atoms with Crippen LogP contribution in [0, 0.1) is 11.6 Å². The zero-order valence-corrected chi connectivity index (χ0v) is 15.0. The third-order valence-electron chi connectivity index (χ3n) is 2.99. The van der Waals surface area contributed by atoms with E-state index in [0.717, 1.165) is 12.1 Å². The molecular weight excluding hydrogens is 388 g/mol. The second-order valence-electron chi connectivity index (χ2n) is 5.60. The second kappa shape index (κ2) is 8.23. The highest BCUT2D eigenvalue weighted by molar-refractivity contribution is 9.10. The molecule has 0 radical (unpaired) electrons. The quantitative estimate of drug-likeness (QED) is 0.538. The van der Waals surface area contributed by atoms with E-state index in [1.54, 1.807) is 20.8 Å². The van der Waals surface area contributed by atoms with Crippen LogP contribution < -0.4 is 10.1 Å². The van der Waals surface area contributed by atoms with E-state index in [4.69, 9.17) is 9.84 Å². The van der Waals surface area contributed by atoms with Crippen molar-refractivity contribution in [3.63, 3.8) is 0 Å². The fourth-order valence-corrected chi connectivity index (χ4v) is 2.22. The lowest BCUT2D eigenvalue weighted by molar-refractivity contribution is -0.132. The van der Waals surface area contributed by atoms with Crippen LogP contribution in [0.2, 0.25) is 0 Å². The molecule has 8 heteroatoms. The number of amides is 1. The number of aliphatic carboxylic acids is 1. The lowest BCUT2D eigenvalue weighted by Gasteiger charge is -2.26. The van der Waals surface area contributed by atoms with Crippen molar-refractivity contribution in [2.75, 3.05) is 0 Å². The van der Waals surface area contributed by atoms with Crippen LogP contribution in [0.1, 0.15) is 27.2 Å². The first-order valence-electron chi connectivity index (χ1n) is 7.11. The summed E-state index contributed by atoms with van der Waals surface area (Å²) >= 11 is 2.87. The van der Waals surface area contributed by atoms with Crippen LogP contribution in [0.15, 0.2) is 28.8 Å². The number of nitrogens with one attached hydrogen (secondary N) is 1. The number of halogens is 3. The van der Waals surface area contributed by atoms with Crippen LogP contribution >= 0.6 is 15.9 Å². The van der Waals surface area contributed by atoms with Gasteiger partial charge in [0.2, 0.25) is 0 Å². The standard InChI is InChI=1S/C16H18BrF2NO4/c1-4-12(15(23)20-16(2,3)6-5-13(21)22)24-9-7-10(17)14(19)11(18)8-9/h5-8,12H,4H2,1-3H3,(H,20,23)(H,21,22)/b6-5+. The van der Waals surface area contributed by atoms with Crippen molar-refractivity contribution in [2.24, 2.45) is 0 Å². The monoisotopic (exact) mass is 405 g/mol. The molecule has 1 rings (SSSR count). The number of ether oxygens (including phenoxy) is 1. The zero-order valence-electron chi connectivity index (χ0n) is 13.4. The number of carbonyl (C=O) groups excluding carboxylic acids is 1. The SMILES string of the molecule is CCC(Oc1cc(F)c(F)c(Br)c1)C(=O)NC(C)(C)/C=C/C(=O)O. The van der Waals surface area contributed by atoms with Crippen LogP contribution in [0.4, 0.5) is 8.78 Å². The Morgan fingerprint density at radius 3 is 2.54 bits per heavy atom. The average molecular weight is 406 g/mol. The van der Waals surface area contributed by atoms with E-state index >= 15 is 0 Å². The summed E-state index contributed by atoms with van der Waals surface area (Å²) in [5.74, 6) is -3.77. The highest BCUT2D eigenvalue weighted by Crippen LogP contribution is 2.26. The molecular formula is C16H18BrF2NO4. The fraction of sp³-hybridized carbons (Fsp3) is 0.375. The maximum atomic E-state index is 13.4. The minimum atomic E-state index is -1.13. The van der Waals surface area contributed by atoms with Gasteiger partial charge < -0.3 is 15.2 Å². The van der Waals surface area contributed by atoms with E-state index in [1.165, 1.54) is 12.1 Å². The van der Waals surface area contributed by atoms with Gasteiger partial charge in [-0.25, -0.2) is 13.6 Å². The van der Waals surface area contributed by atoms with E-state index in [0.29, 0.717) is 0 Å². The Bertz CT molecular complexity index is 638. The molecule has 0 spiro atoms. The van der Waals surface area contributed by atoms with Crippen molar-refractivity contribution in [2.45, 2.75) is 38.8 Å². The van der Waals surface area contributed by atoms with Gasteiger partial charge in [0.1, 0.15) is 5.75 Å². The molecule has 0 fully saturated rings. The number of benzene rings is 1. The van der Waals surface area contributed by atoms with E-state index in [2.05, 4.69) is 21.2 Å². The third kappa shape index (κ3) is 5.92. The van der Waals surface area contributed by atoms with Crippen molar-refractivity contribution < 1.29 is 28.2 Å². The summed E-state index contributed by atoms with van der Waals surface area (Å²) in [6.07, 6.45) is 1.59. The lowest BCUT2D eigenvalue weighted by atomic mass is 10.0. The lowest BCUT2D eigenvalue weighted by Crippen LogP contribution is -2.48. The molecule has 0 bridgehead atoms. The fourth-order valence-electron chi connectivity index (χ4n) is 1.81. The first-order valence-corrected chi connectivity index (χ1v) is 7.90. The van der Waals surface area contributed by atoms with E-state index in [1.807, 2.05) is 0 Å². The summed E-state index contributed by atoms with van der Waals surface area (Å²) in [5, 5.41) is 11.3. The highest BCUT2D eigenvalue weighted by Gasteiger charge is 2.25. The summed E-state index contributed by atoms with van der Waals surface area (Å²) < 4.78 is 32.0. The number of carboxylic acids is 1. The van der Waals surface area contributed by atoms with E-state index in [9.17, 15) is 18.4 Å². The second-order valence-corrected chi connectivity index (χ2v) is 6.45. The van der Waals surface area contributed by atoms with Gasteiger partial charge in [-0.15, -0.1) is 0 Å². The molecule has 0 aliphatic carbocycles. The van der Waals surface area contributed by atoms with Gasteiger partial charge in [-0.05, 0) is 42.3 Å². The summed E-state index contributed by atoms with van der Waals surface area (Å²) in [6, 6.07) is 2.08. The predicted octanol–water partition coefficient (Wildman–Crippen LogP) is 3.42.